The third kappa shape index (κ3) is 5.93. The van der Waals surface area contributed by atoms with Gasteiger partial charge in [0.05, 0.1) is 23.9 Å². The number of halogens is 2. The molecule has 16 heteroatoms. The summed E-state index contributed by atoms with van der Waals surface area (Å²) in [6, 6.07) is 3.94. The Labute approximate surface area is 285 Å². The second-order valence-electron chi connectivity index (χ2n) is 12.8. The molecule has 3 saturated heterocycles. The van der Waals surface area contributed by atoms with Gasteiger partial charge in [0.15, 0.2) is 5.82 Å². The number of amides is 3. The second-order valence-corrected chi connectivity index (χ2v) is 14.2. The maximum atomic E-state index is 15.4. The molecule has 1 spiro atoms. The Morgan fingerprint density at radius 3 is 2.73 bits per heavy atom. The molecular weight excluding hydrogens is 661 g/mol. The SMILES string of the molecule is C[C@@H]1OCC2(CCN(c3cnc(Sc4ccnc(N)c4Cl)c(N)n3)CC2)[C@@H]1NCc1cc2c(cc1F)C(=O)N(C1CCC(=O)NC1=O)C2. The number of carbonyl (C=O) groups is 3. The first-order valence-electron chi connectivity index (χ1n) is 15.8. The maximum absolute atomic E-state index is 15.4. The van der Waals surface area contributed by atoms with Crippen LogP contribution in [0.2, 0.25) is 5.02 Å². The number of carbonyl (C=O) groups excluding carboxylic acids is 3. The highest BCUT2D eigenvalue weighted by Gasteiger charge is 2.49. The number of hydrogen-bond acceptors (Lipinski definition) is 12. The van der Waals surface area contributed by atoms with Crippen LogP contribution in [0.4, 0.5) is 21.8 Å². The molecule has 0 radical (unpaired) electrons. The van der Waals surface area contributed by atoms with Gasteiger partial charge in [0, 0.05) is 66.3 Å². The van der Waals surface area contributed by atoms with E-state index < -0.39 is 23.7 Å². The standard InChI is InChI=1S/C32H35ClFN9O4S/c1-16-26(38-12-17-10-18-14-43(31(46)19(18)11-20(17)34)21-2-3-24(44)41-29(21)45)32(15-47-16)5-8-42(9-6-32)23-13-39-30(28(36)40-23)48-22-4-7-37-27(35)25(22)33/h4,7,10-11,13,16,21,26,38H,2-3,5-6,8-9,12,14-15H2,1H3,(H2,35,37)(H2,36,40)(H,41,44,45)/t16-,21?,26+/m0/s1. The molecule has 0 aliphatic carbocycles. The van der Waals surface area contributed by atoms with Gasteiger partial charge >= 0.3 is 0 Å². The smallest absolute Gasteiger partial charge is 0.255 e. The maximum Gasteiger partial charge on any atom is 0.255 e. The number of nitrogen functional groups attached to an aromatic ring is 2. The molecule has 252 valence electrons. The van der Waals surface area contributed by atoms with E-state index in [0.29, 0.717) is 57.4 Å². The number of rotatable bonds is 7. The summed E-state index contributed by atoms with van der Waals surface area (Å²) in [6.07, 6.45) is 5.25. The van der Waals surface area contributed by atoms with Crippen LogP contribution in [0.25, 0.3) is 0 Å². The van der Waals surface area contributed by atoms with Crippen LogP contribution in [0.15, 0.2) is 40.5 Å². The largest absolute Gasteiger partial charge is 0.382 e. The van der Waals surface area contributed by atoms with Crippen molar-refractivity contribution in [2.45, 2.75) is 73.8 Å². The fourth-order valence-electron chi connectivity index (χ4n) is 7.23. The van der Waals surface area contributed by atoms with Crippen molar-refractivity contribution in [3.05, 3.63) is 58.1 Å². The van der Waals surface area contributed by atoms with Gasteiger partial charge in [-0.05, 0) is 49.9 Å². The summed E-state index contributed by atoms with van der Waals surface area (Å²) in [5.74, 6) is -0.519. The van der Waals surface area contributed by atoms with Crippen LogP contribution < -0.4 is 27.0 Å². The lowest BCUT2D eigenvalue weighted by molar-refractivity contribution is -0.136. The molecule has 3 amide bonds. The zero-order valence-corrected chi connectivity index (χ0v) is 27.7. The van der Waals surface area contributed by atoms with E-state index in [4.69, 9.17) is 27.8 Å². The van der Waals surface area contributed by atoms with Crippen LogP contribution in [0, 0.1) is 11.2 Å². The molecule has 3 aromatic rings. The van der Waals surface area contributed by atoms with Gasteiger partial charge in [-0.25, -0.2) is 19.3 Å². The van der Waals surface area contributed by atoms with Crippen LogP contribution in [0.5, 0.6) is 0 Å². The molecule has 2 aromatic heterocycles. The molecule has 6 heterocycles. The summed E-state index contributed by atoms with van der Waals surface area (Å²) in [5, 5.41) is 6.74. The number of pyridine rings is 1. The predicted molar refractivity (Wildman–Crippen MR) is 177 cm³/mol. The Morgan fingerprint density at radius 1 is 1.19 bits per heavy atom. The van der Waals surface area contributed by atoms with E-state index in [0.717, 1.165) is 12.8 Å². The van der Waals surface area contributed by atoms with Gasteiger partial charge in [-0.3, -0.25) is 19.7 Å². The predicted octanol–water partition coefficient (Wildman–Crippen LogP) is 2.90. The molecule has 1 aromatic carbocycles. The van der Waals surface area contributed by atoms with Crippen molar-refractivity contribution in [2.75, 3.05) is 36.1 Å². The summed E-state index contributed by atoms with van der Waals surface area (Å²) in [7, 11) is 0. The number of anilines is 3. The monoisotopic (exact) mass is 695 g/mol. The number of hydrogen-bond donors (Lipinski definition) is 4. The van der Waals surface area contributed by atoms with Gasteiger partial charge in [-0.1, -0.05) is 23.4 Å². The number of nitrogens with zero attached hydrogens (tertiary/aromatic N) is 5. The minimum absolute atomic E-state index is 0.0265. The van der Waals surface area contributed by atoms with Crippen LogP contribution in [-0.2, 0) is 27.4 Å². The number of piperidine rings is 2. The summed E-state index contributed by atoms with van der Waals surface area (Å²) in [4.78, 5) is 54.5. The van der Waals surface area contributed by atoms with Gasteiger partial charge in [0.25, 0.3) is 5.91 Å². The van der Waals surface area contributed by atoms with E-state index >= 15 is 4.39 Å². The van der Waals surface area contributed by atoms with E-state index in [2.05, 4.69) is 30.5 Å². The number of nitrogens with one attached hydrogen (secondary N) is 2. The van der Waals surface area contributed by atoms with Gasteiger partial charge in [-0.2, -0.15) is 0 Å². The zero-order chi connectivity index (χ0) is 33.7. The number of fused-ring (bicyclic) bond motifs is 1. The summed E-state index contributed by atoms with van der Waals surface area (Å²) in [5.41, 5.74) is 13.3. The van der Waals surface area contributed by atoms with Crippen LogP contribution >= 0.6 is 23.4 Å². The molecular formula is C32H35ClFN9O4S. The fourth-order valence-corrected chi connectivity index (χ4v) is 8.25. The van der Waals surface area contributed by atoms with Crippen molar-refractivity contribution in [3.8, 4) is 0 Å². The van der Waals surface area contributed by atoms with Crippen LogP contribution in [0.1, 0.15) is 54.1 Å². The molecule has 0 saturated carbocycles. The van der Waals surface area contributed by atoms with Crippen LogP contribution in [-0.4, -0.2) is 75.5 Å². The summed E-state index contributed by atoms with van der Waals surface area (Å²) < 4.78 is 21.5. The number of benzene rings is 1. The normalized spacial score (nSPS) is 23.6. The van der Waals surface area contributed by atoms with E-state index in [-0.39, 0.29) is 60.8 Å². The van der Waals surface area contributed by atoms with Gasteiger partial charge in [-0.15, -0.1) is 0 Å². The van der Waals surface area contributed by atoms with E-state index in [1.807, 2.05) is 6.92 Å². The lowest BCUT2D eigenvalue weighted by Gasteiger charge is -2.43. The Bertz CT molecular complexity index is 1810. The fraction of sp³-hybridized carbons (Fsp3) is 0.438. The molecule has 1 unspecified atom stereocenters. The van der Waals surface area contributed by atoms with E-state index in [1.165, 1.54) is 22.7 Å². The molecule has 3 atom stereocenters. The minimum atomic E-state index is -0.750. The number of aromatic nitrogens is 3. The third-order valence-corrected chi connectivity index (χ3v) is 11.5. The first-order valence-corrected chi connectivity index (χ1v) is 17.0. The zero-order valence-electron chi connectivity index (χ0n) is 26.2. The molecule has 13 nitrogen and oxygen atoms in total. The van der Waals surface area contributed by atoms with Gasteiger partial charge in [0.1, 0.15) is 28.5 Å². The molecule has 4 aliphatic heterocycles. The summed E-state index contributed by atoms with van der Waals surface area (Å²) >= 11 is 7.57. The lowest BCUT2D eigenvalue weighted by Crippen LogP contribution is -2.52. The highest BCUT2D eigenvalue weighted by atomic mass is 35.5. The second kappa shape index (κ2) is 12.8. The molecule has 4 aliphatic rings. The lowest BCUT2D eigenvalue weighted by atomic mass is 9.73. The molecule has 3 fully saturated rings. The first-order chi connectivity index (χ1) is 23.0. The highest BCUT2D eigenvalue weighted by Crippen LogP contribution is 2.44. The molecule has 0 bridgehead atoms. The van der Waals surface area contributed by atoms with Crippen molar-refractivity contribution in [1.29, 1.82) is 0 Å². The third-order valence-electron chi connectivity index (χ3n) is 9.89. The molecule has 6 N–H and O–H groups in total. The minimum Gasteiger partial charge on any atom is -0.382 e. The number of imide groups is 1. The quantitative estimate of drug-likeness (QED) is 0.266. The van der Waals surface area contributed by atoms with E-state index in [9.17, 15) is 14.4 Å². The van der Waals surface area contributed by atoms with Crippen molar-refractivity contribution in [2.24, 2.45) is 5.41 Å². The molecule has 7 rings (SSSR count). The van der Waals surface area contributed by atoms with Gasteiger partial charge in [0.2, 0.25) is 11.8 Å². The first kappa shape index (κ1) is 32.5. The van der Waals surface area contributed by atoms with Crippen molar-refractivity contribution < 1.29 is 23.5 Å². The Morgan fingerprint density at radius 2 is 1.98 bits per heavy atom. The van der Waals surface area contributed by atoms with Crippen molar-refractivity contribution in [1.82, 2.24) is 30.5 Å². The average Bonchev–Trinajstić information content (AvgIpc) is 3.54. The number of nitrogens with two attached hydrogens (primary N) is 2. The van der Waals surface area contributed by atoms with Crippen LogP contribution in [0.3, 0.4) is 0 Å². The number of ether oxygens (including phenoxy) is 1. The van der Waals surface area contributed by atoms with E-state index in [1.54, 1.807) is 24.5 Å². The average molecular weight is 696 g/mol. The Hall–Kier alpha value is -4.05. The Kier molecular flexibility index (Phi) is 8.64. The van der Waals surface area contributed by atoms with Crippen molar-refractivity contribution in [3.63, 3.8) is 0 Å². The Balaban J connectivity index is 0.995. The molecule has 48 heavy (non-hydrogen) atoms. The highest BCUT2D eigenvalue weighted by molar-refractivity contribution is 7.99. The summed E-state index contributed by atoms with van der Waals surface area (Å²) in [6.45, 7) is 4.49. The van der Waals surface area contributed by atoms with Gasteiger partial charge < -0.3 is 31.3 Å². The topological polar surface area (TPSA) is 182 Å². The van der Waals surface area contributed by atoms with Crippen molar-refractivity contribution >= 4 is 58.5 Å².